The first kappa shape index (κ1) is 28.0. The Morgan fingerprint density at radius 2 is 1.60 bits per heavy atom. The minimum atomic E-state index is -4.55. The smallest absolute Gasteiger partial charge is 0.744 e. The van der Waals surface area contributed by atoms with Gasteiger partial charge in [-0.15, -0.1) is 5.11 Å². The first-order valence-corrected chi connectivity index (χ1v) is 11.2. The van der Waals surface area contributed by atoms with Crippen LogP contribution in [0.5, 0.6) is 0 Å². The Morgan fingerprint density at radius 1 is 0.914 bits per heavy atom. The molecule has 0 aliphatic rings. The van der Waals surface area contributed by atoms with Gasteiger partial charge in [0.15, 0.2) is 5.69 Å². The van der Waals surface area contributed by atoms with E-state index in [4.69, 9.17) is 0 Å². The molecule has 3 rings (SSSR count). The van der Waals surface area contributed by atoms with Crippen molar-refractivity contribution in [1.29, 1.82) is 0 Å². The number of benzene rings is 3. The molecule has 0 aromatic heterocycles. The molecule has 35 heavy (non-hydrogen) atoms. The van der Waals surface area contributed by atoms with Crippen LogP contribution in [0.3, 0.4) is 0 Å². The molecule has 3 aromatic carbocycles. The van der Waals surface area contributed by atoms with Gasteiger partial charge < -0.3 is 9.45 Å². The van der Waals surface area contributed by atoms with Crippen LogP contribution < -0.4 is 34.5 Å². The summed E-state index contributed by atoms with van der Waals surface area (Å²) in [6.07, 6.45) is 0. The number of nitro benzene ring substituents is 2. The molecular weight excluding hydrogens is 489 g/mol. The second kappa shape index (κ2) is 12.0. The van der Waals surface area contributed by atoms with E-state index in [0.29, 0.717) is 24.3 Å². The van der Waals surface area contributed by atoms with Gasteiger partial charge in [0.2, 0.25) is 0 Å². The van der Waals surface area contributed by atoms with Gasteiger partial charge in [-0.3, -0.25) is 20.2 Å². The average Bonchev–Trinajstić information content (AvgIpc) is 2.81. The van der Waals surface area contributed by atoms with Crippen molar-refractivity contribution in [3.63, 3.8) is 0 Å². The van der Waals surface area contributed by atoms with E-state index in [0.717, 1.165) is 23.9 Å². The van der Waals surface area contributed by atoms with Crippen LogP contribution in [0.25, 0.3) is 0 Å². The van der Waals surface area contributed by atoms with E-state index in [-0.39, 0.29) is 40.1 Å². The Kier molecular flexibility index (Phi) is 9.56. The Hall–Kier alpha value is -3.23. The maximum atomic E-state index is 11.3. The fraction of sp³-hybridized carbons (Fsp3) is 0.143. The van der Waals surface area contributed by atoms with Crippen molar-refractivity contribution in [3.8, 4) is 0 Å². The molecule has 0 aliphatic carbocycles. The van der Waals surface area contributed by atoms with Crippen LogP contribution >= 0.6 is 0 Å². The van der Waals surface area contributed by atoms with Gasteiger partial charge in [0.1, 0.15) is 10.1 Å². The van der Waals surface area contributed by atoms with Crippen LogP contribution in [0.1, 0.15) is 12.5 Å². The molecule has 176 valence electrons. The normalized spacial score (nSPS) is 11.1. The minimum Gasteiger partial charge on any atom is -0.744 e. The van der Waals surface area contributed by atoms with Gasteiger partial charge >= 0.3 is 35.2 Å². The summed E-state index contributed by atoms with van der Waals surface area (Å²) < 4.78 is 33.8. The van der Waals surface area contributed by atoms with Crippen molar-refractivity contribution in [2.45, 2.75) is 18.4 Å². The number of non-ortho nitro benzene ring substituents is 1. The minimum absolute atomic E-state index is 0. The zero-order valence-electron chi connectivity index (χ0n) is 18.8. The molecule has 0 amide bonds. The number of hydrogen-bond acceptors (Lipinski definition) is 10. The number of nitrogens with zero attached hydrogens (tertiary/aromatic N) is 5. The first-order valence-electron chi connectivity index (χ1n) is 9.83. The predicted molar refractivity (Wildman–Crippen MR) is 121 cm³/mol. The third-order valence-electron chi connectivity index (χ3n) is 4.80. The summed E-state index contributed by atoms with van der Waals surface area (Å²) in [6, 6.07) is 15.7. The molecule has 0 fully saturated rings. The number of azo groups is 1. The van der Waals surface area contributed by atoms with Crippen molar-refractivity contribution in [3.05, 3.63) is 92.5 Å². The van der Waals surface area contributed by atoms with Gasteiger partial charge in [0.25, 0.3) is 5.69 Å². The summed E-state index contributed by atoms with van der Waals surface area (Å²) in [5.74, 6) is 0. The molecule has 12 nitrogen and oxygen atoms in total. The van der Waals surface area contributed by atoms with Crippen LogP contribution in [0, 0.1) is 20.2 Å². The summed E-state index contributed by atoms with van der Waals surface area (Å²) >= 11 is 0. The maximum absolute atomic E-state index is 11.3. The molecule has 0 radical (unpaired) electrons. The molecule has 14 heteroatoms. The molecule has 0 unspecified atom stereocenters. The molecule has 0 saturated carbocycles. The van der Waals surface area contributed by atoms with Gasteiger partial charge in [-0.25, -0.2) is 8.42 Å². The second-order valence-corrected chi connectivity index (χ2v) is 8.40. The summed E-state index contributed by atoms with van der Waals surface area (Å²) in [5.41, 5.74) is 0.753. The molecule has 0 heterocycles. The van der Waals surface area contributed by atoms with Gasteiger partial charge in [-0.2, -0.15) is 5.11 Å². The van der Waals surface area contributed by atoms with E-state index in [2.05, 4.69) is 10.2 Å². The van der Waals surface area contributed by atoms with E-state index in [1.54, 1.807) is 30.3 Å². The fourth-order valence-corrected chi connectivity index (χ4v) is 3.64. The Morgan fingerprint density at radius 3 is 2.17 bits per heavy atom. The molecule has 0 spiro atoms. The summed E-state index contributed by atoms with van der Waals surface area (Å²) in [7, 11) is -4.55. The monoisotopic (exact) mass is 507 g/mol. The van der Waals surface area contributed by atoms with Crippen molar-refractivity contribution < 1.29 is 52.4 Å². The molecular formula is C21H18N5NaO7S. The summed E-state index contributed by atoms with van der Waals surface area (Å²) in [5, 5.41) is 29.9. The van der Waals surface area contributed by atoms with Crippen LogP contribution in [-0.2, 0) is 16.7 Å². The molecule has 0 bridgehead atoms. The molecule has 0 saturated heterocycles. The van der Waals surface area contributed by atoms with Crippen LogP contribution in [0.2, 0.25) is 0 Å². The van der Waals surface area contributed by atoms with E-state index in [1.165, 1.54) is 18.2 Å². The quantitative estimate of drug-likeness (QED) is 0.139. The Bertz CT molecular complexity index is 1360. The number of nitro groups is 2. The molecule has 0 aliphatic heterocycles. The largest absolute Gasteiger partial charge is 1.00 e. The fourth-order valence-electron chi connectivity index (χ4n) is 3.10. The molecule has 0 N–H and O–H groups in total. The zero-order chi connectivity index (χ0) is 24.9. The van der Waals surface area contributed by atoms with E-state index in [9.17, 15) is 33.2 Å². The molecule has 3 aromatic rings. The summed E-state index contributed by atoms with van der Waals surface area (Å²) in [6.45, 7) is 2.86. The van der Waals surface area contributed by atoms with E-state index in [1.807, 2.05) is 11.8 Å². The van der Waals surface area contributed by atoms with E-state index >= 15 is 0 Å². The van der Waals surface area contributed by atoms with Crippen LogP contribution in [0.4, 0.5) is 28.4 Å². The van der Waals surface area contributed by atoms with Gasteiger partial charge in [0.05, 0.1) is 26.5 Å². The zero-order valence-corrected chi connectivity index (χ0v) is 21.6. The second-order valence-electron chi connectivity index (χ2n) is 7.02. The first-order chi connectivity index (χ1) is 16.1. The number of hydrogen-bond donors (Lipinski definition) is 0. The third kappa shape index (κ3) is 7.37. The molecule has 0 atom stereocenters. The average molecular weight is 507 g/mol. The predicted octanol–water partition coefficient (Wildman–Crippen LogP) is 1.85. The Labute approximate surface area is 222 Å². The van der Waals surface area contributed by atoms with Crippen molar-refractivity contribution in [1.82, 2.24) is 0 Å². The third-order valence-corrected chi connectivity index (χ3v) is 5.63. The summed E-state index contributed by atoms with van der Waals surface area (Å²) in [4.78, 5) is 22.2. The van der Waals surface area contributed by atoms with E-state index < -0.39 is 31.3 Å². The van der Waals surface area contributed by atoms with Gasteiger partial charge in [0, 0.05) is 24.8 Å². The number of anilines is 1. The van der Waals surface area contributed by atoms with Crippen LogP contribution in [-0.4, -0.2) is 29.4 Å². The van der Waals surface area contributed by atoms with Crippen molar-refractivity contribution in [2.75, 3.05) is 11.4 Å². The van der Waals surface area contributed by atoms with Crippen LogP contribution in [0.15, 0.2) is 81.9 Å². The standard InChI is InChI=1S/C21H19N5O7S.Na/c1-2-24(14-15-4-3-5-19(12-15)34(31,32)33)17-8-6-16(7-9-17)22-23-20-11-10-18(25(27)28)13-21(20)26(29)30;/h3-13H,2,14H2,1H3,(H,31,32,33);/q;+1/p-1. The van der Waals surface area contributed by atoms with Gasteiger partial charge in [-0.05, 0) is 55.0 Å². The van der Waals surface area contributed by atoms with Crippen molar-refractivity contribution in [2.24, 2.45) is 10.2 Å². The number of rotatable bonds is 9. The Balaban J connectivity index is 0.00000432. The maximum Gasteiger partial charge on any atom is 1.00 e. The van der Waals surface area contributed by atoms with Crippen molar-refractivity contribution >= 4 is 38.6 Å². The SMILES string of the molecule is CCN(Cc1cccc(S(=O)(=O)[O-])c1)c1ccc(N=Nc2ccc([N+](=O)[O-])cc2[N+](=O)[O-])cc1.[Na+]. The van der Waals surface area contributed by atoms with Gasteiger partial charge in [-0.1, -0.05) is 12.1 Å². The topological polar surface area (TPSA) is 171 Å².